The van der Waals surface area contributed by atoms with Crippen LogP contribution in [0, 0.1) is 11.3 Å². The number of hydrogen-bond donors (Lipinski definition) is 0. The quantitative estimate of drug-likeness (QED) is 0.709. The summed E-state index contributed by atoms with van der Waals surface area (Å²) in [6, 6.07) is 0. The molecule has 0 spiro atoms. The molecule has 0 amide bonds. The van der Waals surface area contributed by atoms with Crippen molar-refractivity contribution in [3.05, 3.63) is 0 Å². The van der Waals surface area contributed by atoms with Gasteiger partial charge in [0.2, 0.25) is 0 Å². The van der Waals surface area contributed by atoms with Crippen LogP contribution in [-0.4, -0.2) is 30.7 Å². The van der Waals surface area contributed by atoms with E-state index in [1.165, 1.54) is 25.7 Å². The van der Waals surface area contributed by atoms with Crippen molar-refractivity contribution in [3.63, 3.8) is 0 Å². The number of piperidine rings is 1. The van der Waals surface area contributed by atoms with Crippen LogP contribution >= 0.6 is 0 Å². The van der Waals surface area contributed by atoms with E-state index in [0.717, 1.165) is 19.0 Å². The van der Waals surface area contributed by atoms with Gasteiger partial charge in [-0.2, -0.15) is 0 Å². The fourth-order valence-electron chi connectivity index (χ4n) is 2.18. The summed E-state index contributed by atoms with van der Waals surface area (Å²) in [5.41, 5.74) is -0.388. The Kier molecular flexibility index (Phi) is 5.44. The first kappa shape index (κ1) is 14.5. The second-order valence-corrected chi connectivity index (χ2v) is 6.16. The summed E-state index contributed by atoms with van der Waals surface area (Å²) in [4.78, 5) is 13.9. The van der Waals surface area contributed by atoms with Crippen molar-refractivity contribution in [3.8, 4) is 0 Å². The molecule has 1 rings (SSSR count). The summed E-state index contributed by atoms with van der Waals surface area (Å²) in [5, 5.41) is 0. The molecule has 0 aliphatic carbocycles. The topological polar surface area (TPSA) is 29.5 Å². The van der Waals surface area contributed by atoms with Crippen LogP contribution in [0.25, 0.3) is 0 Å². The van der Waals surface area contributed by atoms with Gasteiger partial charge in [-0.05, 0) is 39.5 Å². The van der Waals surface area contributed by atoms with E-state index in [1.54, 1.807) is 0 Å². The number of hydrogen-bond acceptors (Lipinski definition) is 3. The Morgan fingerprint density at radius 1 is 1.29 bits per heavy atom. The van der Waals surface area contributed by atoms with Crippen molar-refractivity contribution < 1.29 is 9.53 Å². The van der Waals surface area contributed by atoms with Gasteiger partial charge in [0.1, 0.15) is 6.73 Å². The average molecular weight is 241 g/mol. The molecule has 0 N–H and O–H groups in total. The number of carbonyl (C=O) groups excluding carboxylic acids is 1. The zero-order valence-corrected chi connectivity index (χ0v) is 11.8. The maximum Gasteiger partial charge on any atom is 0.312 e. The predicted octanol–water partition coefficient (Wildman–Crippen LogP) is 3.05. The normalized spacial score (nSPS) is 19.3. The van der Waals surface area contributed by atoms with Crippen LogP contribution in [0.2, 0.25) is 0 Å². The van der Waals surface area contributed by atoms with E-state index in [-0.39, 0.29) is 11.4 Å². The third-order valence-corrected chi connectivity index (χ3v) is 3.39. The molecule has 0 bridgehead atoms. The molecule has 0 aromatic heterocycles. The highest BCUT2D eigenvalue weighted by atomic mass is 16.5. The van der Waals surface area contributed by atoms with E-state index in [1.807, 2.05) is 20.8 Å². The second kappa shape index (κ2) is 6.39. The number of carbonyl (C=O) groups is 1. The Bertz CT molecular complexity index is 237. The Morgan fingerprint density at radius 3 is 2.35 bits per heavy atom. The highest BCUT2D eigenvalue weighted by Gasteiger charge is 2.25. The fraction of sp³-hybridized carbons (Fsp3) is 0.929. The van der Waals surface area contributed by atoms with Gasteiger partial charge in [-0.3, -0.25) is 9.69 Å². The summed E-state index contributed by atoms with van der Waals surface area (Å²) < 4.78 is 5.33. The fourth-order valence-corrected chi connectivity index (χ4v) is 2.18. The van der Waals surface area contributed by atoms with Gasteiger partial charge in [0.05, 0.1) is 5.41 Å². The third kappa shape index (κ3) is 5.07. The third-order valence-electron chi connectivity index (χ3n) is 3.39. The molecule has 100 valence electrons. The molecular weight excluding hydrogens is 214 g/mol. The lowest BCUT2D eigenvalue weighted by Gasteiger charge is -2.31. The first-order chi connectivity index (χ1) is 7.93. The van der Waals surface area contributed by atoms with Gasteiger partial charge in [-0.15, -0.1) is 0 Å². The van der Waals surface area contributed by atoms with Crippen molar-refractivity contribution in [2.75, 3.05) is 19.8 Å². The lowest BCUT2D eigenvalue weighted by Crippen LogP contribution is -2.37. The Balaban J connectivity index is 2.21. The van der Waals surface area contributed by atoms with E-state index >= 15 is 0 Å². The Labute approximate surface area is 106 Å². The molecule has 1 heterocycles. The molecule has 0 radical (unpaired) electrons. The average Bonchev–Trinajstić information content (AvgIpc) is 2.27. The maximum atomic E-state index is 11.6. The molecule has 0 unspecified atom stereocenters. The molecule has 1 saturated heterocycles. The number of nitrogens with zero attached hydrogens (tertiary/aromatic N) is 1. The predicted molar refractivity (Wildman–Crippen MR) is 69.6 cm³/mol. The van der Waals surface area contributed by atoms with Crippen molar-refractivity contribution in [2.45, 2.75) is 53.4 Å². The van der Waals surface area contributed by atoms with Crippen LogP contribution in [0.4, 0.5) is 0 Å². The van der Waals surface area contributed by atoms with Gasteiger partial charge in [0.15, 0.2) is 0 Å². The lowest BCUT2D eigenvalue weighted by atomic mass is 9.93. The second-order valence-electron chi connectivity index (χ2n) is 6.16. The van der Waals surface area contributed by atoms with E-state index in [0.29, 0.717) is 6.73 Å². The van der Waals surface area contributed by atoms with E-state index < -0.39 is 0 Å². The molecule has 1 aliphatic heterocycles. The van der Waals surface area contributed by atoms with Crippen molar-refractivity contribution in [2.24, 2.45) is 11.3 Å². The van der Waals surface area contributed by atoms with Gasteiger partial charge in [0.25, 0.3) is 0 Å². The highest BCUT2D eigenvalue weighted by Crippen LogP contribution is 2.22. The molecular formula is C14H27NO2. The molecule has 0 aromatic carbocycles. The Morgan fingerprint density at radius 2 is 1.88 bits per heavy atom. The highest BCUT2D eigenvalue weighted by molar-refractivity contribution is 5.75. The molecule has 17 heavy (non-hydrogen) atoms. The number of likely N-dealkylation sites (tertiary alicyclic amines) is 1. The monoisotopic (exact) mass is 241 g/mol. The molecule has 3 heteroatoms. The molecule has 0 atom stereocenters. The van der Waals surface area contributed by atoms with Crippen molar-refractivity contribution in [1.29, 1.82) is 0 Å². The largest absolute Gasteiger partial charge is 0.449 e. The van der Waals surface area contributed by atoms with Crippen LogP contribution in [0.3, 0.4) is 0 Å². The summed E-state index contributed by atoms with van der Waals surface area (Å²) >= 11 is 0. The SMILES string of the molecule is CCCC1CCN(COC(=O)C(C)(C)C)CC1. The first-order valence-corrected chi connectivity index (χ1v) is 6.83. The summed E-state index contributed by atoms with van der Waals surface area (Å²) in [6.07, 6.45) is 5.13. The van der Waals surface area contributed by atoms with Crippen molar-refractivity contribution >= 4 is 5.97 Å². The van der Waals surface area contributed by atoms with Crippen LogP contribution in [0.5, 0.6) is 0 Å². The lowest BCUT2D eigenvalue weighted by molar-refractivity contribution is -0.158. The van der Waals surface area contributed by atoms with Crippen molar-refractivity contribution in [1.82, 2.24) is 4.90 Å². The van der Waals surface area contributed by atoms with Gasteiger partial charge in [0, 0.05) is 13.1 Å². The molecule has 1 fully saturated rings. The standard InChI is InChI=1S/C14H27NO2/c1-5-6-12-7-9-15(10-8-12)11-17-13(16)14(2,3)4/h12H,5-11H2,1-4H3. The minimum atomic E-state index is -0.388. The van der Waals surface area contributed by atoms with Gasteiger partial charge >= 0.3 is 5.97 Å². The van der Waals surface area contributed by atoms with Crippen LogP contribution in [0.15, 0.2) is 0 Å². The molecule has 3 nitrogen and oxygen atoms in total. The van der Waals surface area contributed by atoms with Crippen LogP contribution < -0.4 is 0 Å². The number of esters is 1. The van der Waals surface area contributed by atoms with E-state index in [2.05, 4.69) is 11.8 Å². The molecule has 1 aliphatic rings. The zero-order valence-electron chi connectivity index (χ0n) is 11.8. The molecule has 0 saturated carbocycles. The van der Waals surface area contributed by atoms with Crippen LogP contribution in [-0.2, 0) is 9.53 Å². The Hall–Kier alpha value is -0.570. The van der Waals surface area contributed by atoms with Crippen LogP contribution in [0.1, 0.15) is 53.4 Å². The van der Waals surface area contributed by atoms with Gasteiger partial charge < -0.3 is 4.74 Å². The van der Waals surface area contributed by atoms with Gasteiger partial charge in [-0.25, -0.2) is 0 Å². The van der Waals surface area contributed by atoms with Gasteiger partial charge in [-0.1, -0.05) is 19.8 Å². The zero-order chi connectivity index (χ0) is 12.9. The van der Waals surface area contributed by atoms with E-state index in [4.69, 9.17) is 4.74 Å². The number of ether oxygens (including phenoxy) is 1. The molecule has 0 aromatic rings. The smallest absolute Gasteiger partial charge is 0.312 e. The van der Waals surface area contributed by atoms with E-state index in [9.17, 15) is 4.79 Å². The maximum absolute atomic E-state index is 11.6. The minimum Gasteiger partial charge on any atom is -0.449 e. The summed E-state index contributed by atoms with van der Waals surface area (Å²) in [7, 11) is 0. The summed E-state index contributed by atoms with van der Waals surface area (Å²) in [6.45, 7) is 10.5. The summed E-state index contributed by atoms with van der Waals surface area (Å²) in [5.74, 6) is 0.780. The minimum absolute atomic E-state index is 0.104. The first-order valence-electron chi connectivity index (χ1n) is 6.83. The number of rotatable bonds is 4.